The van der Waals surface area contributed by atoms with E-state index in [0.717, 1.165) is 49.1 Å². The van der Waals surface area contributed by atoms with Crippen molar-refractivity contribution in [2.75, 3.05) is 11.4 Å². The number of halogens is 6. The van der Waals surface area contributed by atoms with Crippen molar-refractivity contribution in [1.82, 2.24) is 4.98 Å². The molecule has 0 spiro atoms. The molecule has 0 bridgehead atoms. The number of aliphatic hydroxyl groups excluding tert-OH is 1. The third kappa shape index (κ3) is 6.00. The topological polar surface area (TPSA) is 45.6 Å². The van der Waals surface area contributed by atoms with E-state index in [2.05, 4.69) is 4.98 Å². The summed E-state index contributed by atoms with van der Waals surface area (Å²) in [5.74, 6) is -0.223. The molecule has 0 amide bonds. The van der Waals surface area contributed by atoms with E-state index < -0.39 is 36.7 Å². The second kappa shape index (κ2) is 9.30. The van der Waals surface area contributed by atoms with Crippen molar-refractivity contribution in [3.05, 3.63) is 23.9 Å². The Balaban J connectivity index is 1.81. The Bertz CT molecular complexity index is 691. The molecular formula is C20H26F6N2O2. The van der Waals surface area contributed by atoms with Crippen LogP contribution in [0.1, 0.15) is 57.1 Å². The first-order valence-corrected chi connectivity index (χ1v) is 10.2. The molecule has 2 aliphatic carbocycles. The summed E-state index contributed by atoms with van der Waals surface area (Å²) in [5, 5.41) is 9.63. The molecule has 3 atom stereocenters. The fourth-order valence-corrected chi connectivity index (χ4v) is 4.28. The van der Waals surface area contributed by atoms with Gasteiger partial charge in [0.05, 0.1) is 18.8 Å². The predicted octanol–water partition coefficient (Wildman–Crippen LogP) is 5.10. The summed E-state index contributed by atoms with van der Waals surface area (Å²) in [7, 11) is 0. The number of pyridine rings is 1. The zero-order valence-electron chi connectivity index (χ0n) is 16.4. The highest BCUT2D eigenvalue weighted by Crippen LogP contribution is 2.34. The Morgan fingerprint density at radius 3 is 2.30 bits per heavy atom. The van der Waals surface area contributed by atoms with Gasteiger partial charge >= 0.3 is 12.4 Å². The molecule has 170 valence electrons. The summed E-state index contributed by atoms with van der Waals surface area (Å²) in [5.41, 5.74) is -1.18. The van der Waals surface area contributed by atoms with Crippen LogP contribution in [-0.2, 0) is 10.9 Å². The van der Waals surface area contributed by atoms with E-state index in [4.69, 9.17) is 4.74 Å². The SMILES string of the molecule is OC(CN(c1cccc(C(F)(F)F)n1)C1CCCC(OC2CCCC2)C1)C(F)(F)F. The number of nitrogens with zero attached hydrogens (tertiary/aromatic N) is 2. The molecule has 0 aromatic carbocycles. The average Bonchev–Trinajstić information content (AvgIpc) is 3.18. The number of alkyl halides is 6. The largest absolute Gasteiger partial charge is 0.433 e. The van der Waals surface area contributed by atoms with Gasteiger partial charge in [0, 0.05) is 6.04 Å². The summed E-state index contributed by atoms with van der Waals surface area (Å²) >= 11 is 0. The number of aromatic nitrogens is 1. The monoisotopic (exact) mass is 440 g/mol. The predicted molar refractivity (Wildman–Crippen MR) is 98.0 cm³/mol. The quantitative estimate of drug-likeness (QED) is 0.626. The lowest BCUT2D eigenvalue weighted by Gasteiger charge is -2.40. The smallest absolute Gasteiger partial charge is 0.382 e. The van der Waals surface area contributed by atoms with Crippen LogP contribution in [0.3, 0.4) is 0 Å². The van der Waals surface area contributed by atoms with Crippen LogP contribution in [0.15, 0.2) is 18.2 Å². The maximum absolute atomic E-state index is 13.1. The summed E-state index contributed by atoms with van der Waals surface area (Å²) < 4.78 is 84.4. The minimum absolute atomic E-state index is 0.134. The summed E-state index contributed by atoms with van der Waals surface area (Å²) in [6.45, 7) is -0.876. The molecule has 10 heteroatoms. The fourth-order valence-electron chi connectivity index (χ4n) is 4.28. The normalized spacial score (nSPS) is 24.8. The van der Waals surface area contributed by atoms with Gasteiger partial charge in [0.25, 0.3) is 0 Å². The van der Waals surface area contributed by atoms with E-state index in [-0.39, 0.29) is 18.0 Å². The first-order chi connectivity index (χ1) is 14.0. The maximum atomic E-state index is 13.1. The lowest BCUT2D eigenvalue weighted by molar-refractivity contribution is -0.200. The van der Waals surface area contributed by atoms with Crippen LogP contribution in [0.2, 0.25) is 0 Å². The standard InChI is InChI=1S/C20H26F6N2O2/c21-19(22,23)16-9-4-10-18(27-16)28(12-17(29)20(24,25)26)13-5-3-8-15(11-13)30-14-6-1-2-7-14/h4,9-10,13-15,17,29H,1-3,5-8,11-12H2. The Morgan fingerprint density at radius 1 is 1.00 bits per heavy atom. The number of ether oxygens (including phenoxy) is 1. The van der Waals surface area contributed by atoms with Gasteiger partial charge < -0.3 is 14.7 Å². The Hall–Kier alpha value is -1.55. The Labute approximate surface area is 171 Å². The highest BCUT2D eigenvalue weighted by Gasteiger charge is 2.42. The van der Waals surface area contributed by atoms with Gasteiger partial charge in [-0.1, -0.05) is 18.9 Å². The van der Waals surface area contributed by atoms with Crippen LogP contribution in [0.5, 0.6) is 0 Å². The van der Waals surface area contributed by atoms with Gasteiger partial charge in [0.15, 0.2) is 6.10 Å². The Morgan fingerprint density at radius 2 is 1.67 bits per heavy atom. The molecule has 1 N–H and O–H groups in total. The van der Waals surface area contributed by atoms with Crippen LogP contribution in [0.25, 0.3) is 0 Å². The molecule has 0 aliphatic heterocycles. The Kier molecular flexibility index (Phi) is 7.16. The highest BCUT2D eigenvalue weighted by atomic mass is 19.4. The second-order valence-corrected chi connectivity index (χ2v) is 8.07. The third-order valence-electron chi connectivity index (χ3n) is 5.79. The first-order valence-electron chi connectivity index (χ1n) is 10.2. The summed E-state index contributed by atoms with van der Waals surface area (Å²) in [4.78, 5) is 4.73. The van der Waals surface area contributed by atoms with E-state index in [9.17, 15) is 31.4 Å². The van der Waals surface area contributed by atoms with Crippen LogP contribution in [-0.4, -0.2) is 47.2 Å². The van der Waals surface area contributed by atoms with Crippen molar-refractivity contribution >= 4 is 5.82 Å². The van der Waals surface area contributed by atoms with Gasteiger partial charge in [0.1, 0.15) is 11.5 Å². The number of rotatable bonds is 6. The molecule has 2 fully saturated rings. The summed E-state index contributed by atoms with van der Waals surface area (Å²) in [6, 6.07) is 2.64. The van der Waals surface area contributed by atoms with Crippen LogP contribution >= 0.6 is 0 Å². The van der Waals surface area contributed by atoms with Crippen molar-refractivity contribution in [3.8, 4) is 0 Å². The van der Waals surface area contributed by atoms with Gasteiger partial charge in [-0.05, 0) is 50.7 Å². The van der Waals surface area contributed by atoms with Crippen LogP contribution in [0.4, 0.5) is 32.2 Å². The van der Waals surface area contributed by atoms with Crippen LogP contribution in [0, 0.1) is 0 Å². The lowest BCUT2D eigenvalue weighted by Crippen LogP contribution is -2.48. The van der Waals surface area contributed by atoms with E-state index in [1.54, 1.807) is 0 Å². The van der Waals surface area contributed by atoms with Gasteiger partial charge in [-0.3, -0.25) is 0 Å². The number of hydrogen-bond acceptors (Lipinski definition) is 4. The van der Waals surface area contributed by atoms with Gasteiger partial charge in [-0.25, -0.2) is 4.98 Å². The molecule has 2 aliphatic rings. The molecule has 3 unspecified atom stereocenters. The van der Waals surface area contributed by atoms with E-state index >= 15 is 0 Å². The molecule has 2 saturated carbocycles. The van der Waals surface area contributed by atoms with Crippen molar-refractivity contribution in [3.63, 3.8) is 0 Å². The molecule has 1 heterocycles. The number of hydrogen-bond donors (Lipinski definition) is 1. The molecule has 0 saturated heterocycles. The van der Waals surface area contributed by atoms with Gasteiger partial charge in [0.2, 0.25) is 0 Å². The molecule has 1 aromatic rings. The second-order valence-electron chi connectivity index (χ2n) is 8.07. The van der Waals surface area contributed by atoms with E-state index in [1.807, 2.05) is 0 Å². The van der Waals surface area contributed by atoms with Crippen LogP contribution < -0.4 is 4.90 Å². The minimum Gasteiger partial charge on any atom is -0.382 e. The molecule has 0 radical (unpaired) electrons. The highest BCUT2D eigenvalue weighted by molar-refractivity contribution is 5.41. The fraction of sp³-hybridized carbons (Fsp3) is 0.750. The summed E-state index contributed by atoms with van der Waals surface area (Å²) in [6.07, 6.45) is -5.93. The molecule has 30 heavy (non-hydrogen) atoms. The van der Waals surface area contributed by atoms with E-state index in [1.165, 1.54) is 6.07 Å². The lowest BCUT2D eigenvalue weighted by atomic mass is 9.91. The first kappa shape index (κ1) is 23.1. The minimum atomic E-state index is -4.88. The third-order valence-corrected chi connectivity index (χ3v) is 5.79. The van der Waals surface area contributed by atoms with Crippen molar-refractivity contribution in [2.24, 2.45) is 0 Å². The number of anilines is 1. The van der Waals surface area contributed by atoms with Crippen molar-refractivity contribution in [1.29, 1.82) is 0 Å². The number of aliphatic hydroxyl groups is 1. The van der Waals surface area contributed by atoms with Crippen molar-refractivity contribution in [2.45, 2.75) is 88.1 Å². The van der Waals surface area contributed by atoms with E-state index in [0.29, 0.717) is 19.3 Å². The zero-order chi connectivity index (χ0) is 21.9. The molecule has 1 aromatic heterocycles. The molecule has 3 rings (SSSR count). The average molecular weight is 440 g/mol. The van der Waals surface area contributed by atoms with Gasteiger partial charge in [-0.2, -0.15) is 26.3 Å². The maximum Gasteiger partial charge on any atom is 0.433 e. The molecular weight excluding hydrogens is 414 g/mol. The van der Waals surface area contributed by atoms with Crippen molar-refractivity contribution < 1.29 is 36.2 Å². The molecule has 4 nitrogen and oxygen atoms in total. The van der Waals surface area contributed by atoms with Gasteiger partial charge in [-0.15, -0.1) is 0 Å². The zero-order valence-corrected chi connectivity index (χ0v) is 16.4.